The number of hydrogen-bond donors (Lipinski definition) is 1. The summed E-state index contributed by atoms with van der Waals surface area (Å²) < 4.78 is 0. The van der Waals surface area contributed by atoms with Gasteiger partial charge >= 0.3 is 0 Å². The Morgan fingerprint density at radius 2 is 1.70 bits per heavy atom. The zero-order valence-corrected chi connectivity index (χ0v) is 12.8. The maximum atomic E-state index is 5.73. The SMILES string of the molecule is CCc1nnc(N2CCN(C(C)CN)CC2)nc1CC. The van der Waals surface area contributed by atoms with E-state index in [1.807, 2.05) is 0 Å². The van der Waals surface area contributed by atoms with E-state index in [1.54, 1.807) is 0 Å². The first kappa shape index (κ1) is 15.1. The van der Waals surface area contributed by atoms with Gasteiger partial charge in [0.25, 0.3) is 0 Å². The van der Waals surface area contributed by atoms with Gasteiger partial charge in [-0.1, -0.05) is 13.8 Å². The summed E-state index contributed by atoms with van der Waals surface area (Å²) in [5, 5.41) is 8.62. The van der Waals surface area contributed by atoms with Crippen molar-refractivity contribution in [3.63, 3.8) is 0 Å². The molecular formula is C14H26N6. The lowest BCUT2D eigenvalue weighted by Crippen LogP contribution is -2.51. The second-order valence-corrected chi connectivity index (χ2v) is 5.32. The molecule has 0 amide bonds. The fraction of sp³-hybridized carbons (Fsp3) is 0.786. The van der Waals surface area contributed by atoms with Crippen LogP contribution < -0.4 is 10.6 Å². The first-order valence-corrected chi connectivity index (χ1v) is 7.61. The maximum absolute atomic E-state index is 5.73. The molecule has 1 aliphatic heterocycles. The minimum atomic E-state index is 0.449. The quantitative estimate of drug-likeness (QED) is 0.844. The van der Waals surface area contributed by atoms with Crippen molar-refractivity contribution in [2.45, 2.75) is 39.7 Å². The van der Waals surface area contributed by atoms with Crippen LogP contribution >= 0.6 is 0 Å². The molecule has 1 unspecified atom stereocenters. The summed E-state index contributed by atoms with van der Waals surface area (Å²) in [5.74, 6) is 0.777. The molecule has 1 fully saturated rings. The number of anilines is 1. The van der Waals surface area contributed by atoms with Crippen LogP contribution in [-0.4, -0.2) is 58.8 Å². The maximum Gasteiger partial charge on any atom is 0.245 e. The molecule has 0 aromatic carbocycles. The Hall–Kier alpha value is -1.27. The van der Waals surface area contributed by atoms with Crippen molar-refractivity contribution >= 4 is 5.95 Å². The largest absolute Gasteiger partial charge is 0.337 e. The molecule has 0 saturated carbocycles. The van der Waals surface area contributed by atoms with Crippen molar-refractivity contribution in [3.8, 4) is 0 Å². The molecule has 1 atom stereocenters. The van der Waals surface area contributed by atoms with E-state index < -0.39 is 0 Å². The molecule has 2 N–H and O–H groups in total. The number of nitrogens with two attached hydrogens (primary N) is 1. The molecule has 112 valence electrons. The Labute approximate surface area is 121 Å². The van der Waals surface area contributed by atoms with E-state index in [-0.39, 0.29) is 0 Å². The Kier molecular flexibility index (Phi) is 5.25. The summed E-state index contributed by atoms with van der Waals surface area (Å²) in [6, 6.07) is 0.449. The van der Waals surface area contributed by atoms with Crippen molar-refractivity contribution in [3.05, 3.63) is 11.4 Å². The van der Waals surface area contributed by atoms with E-state index in [1.165, 1.54) is 0 Å². The first-order valence-electron chi connectivity index (χ1n) is 7.61. The minimum absolute atomic E-state index is 0.449. The van der Waals surface area contributed by atoms with Gasteiger partial charge in [-0.3, -0.25) is 4.90 Å². The van der Waals surface area contributed by atoms with Gasteiger partial charge in [-0.2, -0.15) is 5.10 Å². The highest BCUT2D eigenvalue weighted by Gasteiger charge is 2.22. The lowest BCUT2D eigenvalue weighted by atomic mass is 10.2. The normalized spacial score (nSPS) is 18.3. The topological polar surface area (TPSA) is 71.2 Å². The minimum Gasteiger partial charge on any atom is -0.337 e. The Bertz CT molecular complexity index is 428. The molecule has 6 nitrogen and oxygen atoms in total. The number of aromatic nitrogens is 3. The van der Waals surface area contributed by atoms with Crippen molar-refractivity contribution in [2.75, 3.05) is 37.6 Å². The first-order chi connectivity index (χ1) is 9.69. The lowest BCUT2D eigenvalue weighted by Gasteiger charge is -2.37. The third-order valence-corrected chi connectivity index (χ3v) is 4.06. The van der Waals surface area contributed by atoms with E-state index in [0.717, 1.165) is 56.4 Å². The average Bonchev–Trinajstić information content (AvgIpc) is 2.53. The van der Waals surface area contributed by atoms with Crippen LogP contribution in [0.25, 0.3) is 0 Å². The summed E-state index contributed by atoms with van der Waals surface area (Å²) in [5.41, 5.74) is 7.83. The fourth-order valence-corrected chi connectivity index (χ4v) is 2.57. The average molecular weight is 278 g/mol. The van der Waals surface area contributed by atoms with Gasteiger partial charge in [0.1, 0.15) is 0 Å². The van der Waals surface area contributed by atoms with Gasteiger partial charge in [0, 0.05) is 38.8 Å². The summed E-state index contributed by atoms with van der Waals surface area (Å²) in [6.07, 6.45) is 1.81. The highest BCUT2D eigenvalue weighted by atomic mass is 15.4. The highest BCUT2D eigenvalue weighted by molar-refractivity contribution is 5.31. The number of hydrogen-bond acceptors (Lipinski definition) is 6. The molecule has 1 aromatic heterocycles. The number of rotatable bonds is 5. The van der Waals surface area contributed by atoms with Gasteiger partial charge < -0.3 is 10.6 Å². The van der Waals surface area contributed by atoms with Gasteiger partial charge in [-0.25, -0.2) is 4.98 Å². The van der Waals surface area contributed by atoms with Crippen LogP contribution in [0, 0.1) is 0 Å². The third-order valence-electron chi connectivity index (χ3n) is 4.06. The van der Waals surface area contributed by atoms with Crippen molar-refractivity contribution in [2.24, 2.45) is 5.73 Å². The van der Waals surface area contributed by atoms with E-state index >= 15 is 0 Å². The number of piperazine rings is 1. The van der Waals surface area contributed by atoms with E-state index in [0.29, 0.717) is 12.6 Å². The summed E-state index contributed by atoms with van der Waals surface area (Å²) in [7, 11) is 0. The number of aryl methyl sites for hydroxylation is 2. The standard InChI is InChI=1S/C14H26N6/c1-4-12-13(5-2)17-18-14(16-12)20-8-6-19(7-9-20)11(3)10-15/h11H,4-10,15H2,1-3H3. The van der Waals surface area contributed by atoms with Gasteiger partial charge in [0.05, 0.1) is 11.4 Å². The van der Waals surface area contributed by atoms with Crippen molar-refractivity contribution < 1.29 is 0 Å². The molecule has 0 radical (unpaired) electrons. The second-order valence-electron chi connectivity index (χ2n) is 5.32. The monoisotopic (exact) mass is 278 g/mol. The lowest BCUT2D eigenvalue weighted by molar-refractivity contribution is 0.200. The molecule has 2 rings (SSSR count). The molecule has 0 aliphatic carbocycles. The van der Waals surface area contributed by atoms with Crippen molar-refractivity contribution in [1.29, 1.82) is 0 Å². The smallest absolute Gasteiger partial charge is 0.245 e. The second kappa shape index (κ2) is 6.95. The molecule has 6 heteroatoms. The fourth-order valence-electron chi connectivity index (χ4n) is 2.57. The summed E-state index contributed by atoms with van der Waals surface area (Å²) >= 11 is 0. The van der Waals surface area contributed by atoms with Crippen molar-refractivity contribution in [1.82, 2.24) is 20.1 Å². The van der Waals surface area contributed by atoms with Crippen LogP contribution in [0.15, 0.2) is 0 Å². The molecule has 2 heterocycles. The van der Waals surface area contributed by atoms with E-state index in [9.17, 15) is 0 Å². The van der Waals surface area contributed by atoms with Gasteiger partial charge in [0.15, 0.2) is 0 Å². The molecular weight excluding hydrogens is 252 g/mol. The molecule has 1 aromatic rings. The van der Waals surface area contributed by atoms with Crippen LogP contribution in [0.5, 0.6) is 0 Å². The van der Waals surface area contributed by atoms with Crippen LogP contribution in [-0.2, 0) is 12.8 Å². The highest BCUT2D eigenvalue weighted by Crippen LogP contribution is 2.14. The zero-order chi connectivity index (χ0) is 14.5. The molecule has 1 aliphatic rings. The Balaban J connectivity index is 2.03. The predicted molar refractivity (Wildman–Crippen MR) is 80.9 cm³/mol. The van der Waals surface area contributed by atoms with Gasteiger partial charge in [0.2, 0.25) is 5.95 Å². The molecule has 1 saturated heterocycles. The summed E-state index contributed by atoms with van der Waals surface area (Å²) in [6.45, 7) is 11.0. The van der Waals surface area contributed by atoms with Gasteiger partial charge in [-0.15, -0.1) is 5.10 Å². The molecule has 0 bridgehead atoms. The van der Waals surface area contributed by atoms with Crippen LogP contribution in [0.2, 0.25) is 0 Å². The molecule has 0 spiro atoms. The van der Waals surface area contributed by atoms with E-state index in [4.69, 9.17) is 5.73 Å². The summed E-state index contributed by atoms with van der Waals surface area (Å²) in [4.78, 5) is 9.33. The van der Waals surface area contributed by atoms with Crippen LogP contribution in [0.3, 0.4) is 0 Å². The zero-order valence-electron chi connectivity index (χ0n) is 12.8. The third kappa shape index (κ3) is 3.24. The van der Waals surface area contributed by atoms with Crippen LogP contribution in [0.4, 0.5) is 5.95 Å². The molecule has 20 heavy (non-hydrogen) atoms. The predicted octanol–water partition coefficient (Wildman–Crippen LogP) is 0.466. The Morgan fingerprint density at radius 3 is 2.25 bits per heavy atom. The van der Waals surface area contributed by atoms with Gasteiger partial charge in [-0.05, 0) is 19.8 Å². The van der Waals surface area contributed by atoms with E-state index in [2.05, 4.69) is 45.8 Å². The van der Waals surface area contributed by atoms with Crippen LogP contribution in [0.1, 0.15) is 32.2 Å². The Morgan fingerprint density at radius 1 is 1.05 bits per heavy atom. The number of nitrogens with zero attached hydrogens (tertiary/aromatic N) is 5.